The number of fused-ring (bicyclic) bond motifs is 1. The molecule has 0 saturated carbocycles. The second-order valence-electron chi connectivity index (χ2n) is 4.71. The van der Waals surface area contributed by atoms with Crippen LogP contribution in [0.2, 0.25) is 0 Å². The van der Waals surface area contributed by atoms with Gasteiger partial charge in [-0.2, -0.15) is 0 Å². The maximum atomic E-state index is 11.8. The van der Waals surface area contributed by atoms with Gasteiger partial charge in [0.05, 0.1) is 0 Å². The van der Waals surface area contributed by atoms with Crippen LogP contribution in [0, 0.1) is 6.92 Å². The minimum Gasteiger partial charge on any atom is -0.454 e. The highest BCUT2D eigenvalue weighted by Crippen LogP contribution is 2.34. The van der Waals surface area contributed by atoms with Crippen LogP contribution in [0.5, 0.6) is 11.5 Å². The van der Waals surface area contributed by atoms with Crippen molar-refractivity contribution in [3.05, 3.63) is 23.3 Å². The molecule has 0 spiro atoms. The molecule has 0 atom stereocenters. The second-order valence-corrected chi connectivity index (χ2v) is 4.71. The van der Waals surface area contributed by atoms with E-state index in [0.717, 1.165) is 22.6 Å². The van der Waals surface area contributed by atoms with Gasteiger partial charge in [0.15, 0.2) is 11.5 Å². The Morgan fingerprint density at radius 1 is 1.37 bits per heavy atom. The first kappa shape index (κ1) is 13.7. The summed E-state index contributed by atoms with van der Waals surface area (Å²) in [6.45, 7) is 2.82. The number of carbonyl (C=O) groups is 1. The quantitative estimate of drug-likeness (QED) is 0.875. The predicted octanol–water partition coefficient (Wildman–Crippen LogP) is 1.45. The van der Waals surface area contributed by atoms with E-state index in [-0.39, 0.29) is 19.3 Å². The number of aryl methyl sites for hydroxylation is 1. The largest absolute Gasteiger partial charge is 0.454 e. The number of aliphatic hydroxyl groups excluding tert-OH is 1. The van der Waals surface area contributed by atoms with E-state index >= 15 is 0 Å². The van der Waals surface area contributed by atoms with E-state index in [2.05, 4.69) is 0 Å². The Morgan fingerprint density at radius 3 is 2.74 bits per heavy atom. The topological polar surface area (TPSA) is 59.0 Å². The molecule has 1 aliphatic heterocycles. The van der Waals surface area contributed by atoms with Crippen molar-refractivity contribution in [2.45, 2.75) is 26.3 Å². The van der Waals surface area contributed by atoms with Gasteiger partial charge in [-0.3, -0.25) is 4.79 Å². The lowest BCUT2D eigenvalue weighted by Crippen LogP contribution is -2.26. The van der Waals surface area contributed by atoms with Crippen LogP contribution < -0.4 is 9.47 Å². The van der Waals surface area contributed by atoms with Gasteiger partial charge in [-0.15, -0.1) is 0 Å². The summed E-state index contributed by atoms with van der Waals surface area (Å²) in [6, 6.07) is 3.86. The lowest BCUT2D eigenvalue weighted by atomic mass is 10.1. The highest BCUT2D eigenvalue weighted by molar-refractivity contribution is 5.75. The number of aliphatic hydroxyl groups is 1. The van der Waals surface area contributed by atoms with E-state index in [1.54, 1.807) is 11.9 Å². The zero-order chi connectivity index (χ0) is 13.8. The fourth-order valence-corrected chi connectivity index (χ4v) is 2.02. The fourth-order valence-electron chi connectivity index (χ4n) is 2.02. The Morgan fingerprint density at radius 2 is 2.05 bits per heavy atom. The van der Waals surface area contributed by atoms with E-state index in [0.29, 0.717) is 19.4 Å². The molecule has 19 heavy (non-hydrogen) atoms. The van der Waals surface area contributed by atoms with Crippen molar-refractivity contribution in [1.82, 2.24) is 4.90 Å². The van der Waals surface area contributed by atoms with Crippen LogP contribution in [0.4, 0.5) is 0 Å². The molecule has 5 nitrogen and oxygen atoms in total. The molecule has 1 heterocycles. The standard InChI is InChI=1S/C14H19NO4/c1-10-6-12-13(19-9-18-12)7-11(10)8-15(2)14(17)4-3-5-16/h6-7,16H,3-5,8-9H2,1-2H3. The second kappa shape index (κ2) is 5.93. The Balaban J connectivity index is 2.04. The van der Waals surface area contributed by atoms with Crippen LogP contribution in [0.25, 0.3) is 0 Å². The van der Waals surface area contributed by atoms with Gasteiger partial charge in [0.25, 0.3) is 0 Å². The Bertz CT molecular complexity index is 473. The molecule has 0 fully saturated rings. The van der Waals surface area contributed by atoms with Gasteiger partial charge in [0.1, 0.15) is 0 Å². The van der Waals surface area contributed by atoms with Crippen molar-refractivity contribution in [3.63, 3.8) is 0 Å². The molecule has 1 amide bonds. The fraction of sp³-hybridized carbons (Fsp3) is 0.500. The van der Waals surface area contributed by atoms with E-state index in [9.17, 15) is 4.79 Å². The lowest BCUT2D eigenvalue weighted by molar-refractivity contribution is -0.130. The average Bonchev–Trinajstić information content (AvgIpc) is 2.83. The molecule has 1 aliphatic rings. The normalized spacial score (nSPS) is 12.6. The van der Waals surface area contributed by atoms with Gasteiger partial charge in [-0.05, 0) is 36.6 Å². The third-order valence-electron chi connectivity index (χ3n) is 3.21. The molecule has 1 aromatic rings. The molecule has 0 aliphatic carbocycles. The van der Waals surface area contributed by atoms with Crippen molar-refractivity contribution in [3.8, 4) is 11.5 Å². The lowest BCUT2D eigenvalue weighted by Gasteiger charge is -2.18. The first-order valence-corrected chi connectivity index (χ1v) is 6.35. The molecule has 0 bridgehead atoms. The number of ether oxygens (including phenoxy) is 2. The number of amides is 1. The van der Waals surface area contributed by atoms with Gasteiger partial charge < -0.3 is 19.5 Å². The summed E-state index contributed by atoms with van der Waals surface area (Å²) in [5, 5.41) is 8.74. The molecule has 1 aromatic carbocycles. The van der Waals surface area contributed by atoms with Crippen molar-refractivity contribution < 1.29 is 19.4 Å². The van der Waals surface area contributed by atoms with Crippen LogP contribution in [0.3, 0.4) is 0 Å². The zero-order valence-corrected chi connectivity index (χ0v) is 11.3. The monoisotopic (exact) mass is 265 g/mol. The minimum absolute atomic E-state index is 0.0334. The first-order chi connectivity index (χ1) is 9.11. The van der Waals surface area contributed by atoms with Crippen LogP contribution in [-0.2, 0) is 11.3 Å². The molecule has 1 N–H and O–H groups in total. The highest BCUT2D eigenvalue weighted by Gasteiger charge is 2.17. The van der Waals surface area contributed by atoms with Gasteiger partial charge in [-0.25, -0.2) is 0 Å². The SMILES string of the molecule is Cc1cc2c(cc1CN(C)C(=O)CCCO)OCO2. The first-order valence-electron chi connectivity index (χ1n) is 6.35. The van der Waals surface area contributed by atoms with E-state index in [1.807, 2.05) is 19.1 Å². The van der Waals surface area contributed by atoms with Gasteiger partial charge in [0.2, 0.25) is 12.7 Å². The highest BCUT2D eigenvalue weighted by atomic mass is 16.7. The number of rotatable bonds is 5. The Labute approximate surface area is 112 Å². The zero-order valence-electron chi connectivity index (χ0n) is 11.3. The number of nitrogens with zero attached hydrogens (tertiary/aromatic N) is 1. The van der Waals surface area contributed by atoms with Gasteiger partial charge in [-0.1, -0.05) is 0 Å². The molecule has 0 unspecified atom stereocenters. The van der Waals surface area contributed by atoms with Crippen molar-refractivity contribution in [2.75, 3.05) is 20.4 Å². The molecular formula is C14H19NO4. The molecule has 2 rings (SSSR count). The third kappa shape index (κ3) is 3.17. The van der Waals surface area contributed by atoms with Crippen LogP contribution >= 0.6 is 0 Å². The predicted molar refractivity (Wildman–Crippen MR) is 70.1 cm³/mol. The summed E-state index contributed by atoms with van der Waals surface area (Å²) in [7, 11) is 1.77. The molecular weight excluding hydrogens is 246 g/mol. The van der Waals surface area contributed by atoms with Crippen molar-refractivity contribution in [1.29, 1.82) is 0 Å². The average molecular weight is 265 g/mol. The van der Waals surface area contributed by atoms with Gasteiger partial charge in [0, 0.05) is 26.6 Å². The van der Waals surface area contributed by atoms with Crippen molar-refractivity contribution in [2.24, 2.45) is 0 Å². The summed E-state index contributed by atoms with van der Waals surface area (Å²) >= 11 is 0. The maximum absolute atomic E-state index is 11.8. The third-order valence-corrected chi connectivity index (χ3v) is 3.21. The van der Waals surface area contributed by atoms with Gasteiger partial charge >= 0.3 is 0 Å². The number of hydrogen-bond acceptors (Lipinski definition) is 4. The van der Waals surface area contributed by atoms with E-state index < -0.39 is 0 Å². The van der Waals surface area contributed by atoms with Crippen LogP contribution in [0.15, 0.2) is 12.1 Å². The van der Waals surface area contributed by atoms with Crippen molar-refractivity contribution >= 4 is 5.91 Å². The summed E-state index contributed by atoms with van der Waals surface area (Å²) in [4.78, 5) is 13.5. The summed E-state index contributed by atoms with van der Waals surface area (Å²) in [5.74, 6) is 1.53. The van der Waals surface area contributed by atoms with Crippen LogP contribution in [-0.4, -0.2) is 36.4 Å². The molecule has 5 heteroatoms. The number of benzene rings is 1. The molecule has 0 saturated heterocycles. The van der Waals surface area contributed by atoms with Crippen LogP contribution in [0.1, 0.15) is 24.0 Å². The summed E-state index contributed by atoms with van der Waals surface area (Å²) in [6.07, 6.45) is 0.875. The number of hydrogen-bond donors (Lipinski definition) is 1. The summed E-state index contributed by atoms with van der Waals surface area (Å²) in [5.41, 5.74) is 2.12. The Kier molecular flexibility index (Phi) is 4.27. The molecule has 0 radical (unpaired) electrons. The minimum atomic E-state index is 0.0334. The smallest absolute Gasteiger partial charge is 0.231 e. The maximum Gasteiger partial charge on any atom is 0.231 e. The van der Waals surface area contributed by atoms with E-state index in [1.165, 1.54) is 0 Å². The molecule has 104 valence electrons. The molecule has 0 aromatic heterocycles. The van der Waals surface area contributed by atoms with E-state index in [4.69, 9.17) is 14.6 Å². The number of carbonyl (C=O) groups excluding carboxylic acids is 1. The Hall–Kier alpha value is -1.75. The summed E-state index contributed by atoms with van der Waals surface area (Å²) < 4.78 is 10.7.